The van der Waals surface area contributed by atoms with E-state index in [0.29, 0.717) is 25.6 Å². The third-order valence-corrected chi connectivity index (χ3v) is 5.72. The fourth-order valence-corrected chi connectivity index (χ4v) is 3.96. The molecule has 1 atom stereocenters. The number of aliphatic imine (C=N–C) groups is 1. The van der Waals surface area contributed by atoms with Gasteiger partial charge in [0, 0.05) is 18.0 Å². The maximum atomic E-state index is 11.3. The fraction of sp³-hybridized carbons (Fsp3) is 0.684. The Balaban J connectivity index is 1.99. The summed E-state index contributed by atoms with van der Waals surface area (Å²) in [6.45, 7) is 8.66. The average molecular weight is 381 g/mol. The number of ether oxygens (including phenoxy) is 1. The molecule has 1 aliphatic rings. The lowest BCUT2D eigenvalue weighted by Crippen LogP contribution is -2.40. The van der Waals surface area contributed by atoms with E-state index in [1.54, 1.807) is 11.3 Å². The van der Waals surface area contributed by atoms with Crippen molar-refractivity contribution in [2.24, 2.45) is 10.9 Å². The number of rotatable bonds is 8. The van der Waals surface area contributed by atoms with Crippen LogP contribution in [0.5, 0.6) is 0 Å². The van der Waals surface area contributed by atoms with Crippen molar-refractivity contribution in [1.82, 2.24) is 15.5 Å². The molecule has 0 aromatic carbocycles. The normalized spacial score (nSPS) is 17.7. The highest BCUT2D eigenvalue weighted by atomic mass is 32.1. The summed E-state index contributed by atoms with van der Waals surface area (Å²) in [5.74, 6) is 1.35. The van der Waals surface area contributed by atoms with Crippen molar-refractivity contribution in [2.45, 2.75) is 39.2 Å². The Morgan fingerprint density at radius 1 is 1.42 bits per heavy atom. The van der Waals surface area contributed by atoms with Crippen LogP contribution >= 0.6 is 11.3 Å². The van der Waals surface area contributed by atoms with Gasteiger partial charge in [0.25, 0.3) is 0 Å². The van der Waals surface area contributed by atoms with Crippen molar-refractivity contribution in [3.63, 3.8) is 0 Å². The van der Waals surface area contributed by atoms with Gasteiger partial charge in [-0.2, -0.15) is 0 Å². The summed E-state index contributed by atoms with van der Waals surface area (Å²) in [5, 5.41) is 8.61. The van der Waals surface area contributed by atoms with Crippen molar-refractivity contribution in [3.05, 3.63) is 22.4 Å². The number of piperidine rings is 1. The maximum Gasteiger partial charge on any atom is 0.307 e. The summed E-state index contributed by atoms with van der Waals surface area (Å²) in [6, 6.07) is 4.64. The number of guanidine groups is 1. The smallest absolute Gasteiger partial charge is 0.307 e. The molecule has 1 saturated heterocycles. The first-order valence-corrected chi connectivity index (χ1v) is 10.4. The van der Waals surface area contributed by atoms with Gasteiger partial charge in [0.1, 0.15) is 0 Å². The lowest BCUT2D eigenvalue weighted by atomic mass is 9.97. The SMILES string of the molecule is CCNC(=NCC(c1cccs1)N1CCC(C)CC1)NCCC(=O)OC. The van der Waals surface area contributed by atoms with Crippen LogP contribution in [0.4, 0.5) is 0 Å². The van der Waals surface area contributed by atoms with Crippen LogP contribution in [-0.4, -0.2) is 56.7 Å². The number of methoxy groups -OCH3 is 1. The molecule has 0 amide bonds. The Bertz CT molecular complexity index is 554. The van der Waals surface area contributed by atoms with E-state index in [1.807, 2.05) is 6.92 Å². The van der Waals surface area contributed by atoms with Gasteiger partial charge in [0.05, 0.1) is 26.1 Å². The van der Waals surface area contributed by atoms with Crippen LogP contribution in [0.25, 0.3) is 0 Å². The van der Waals surface area contributed by atoms with Crippen molar-refractivity contribution in [1.29, 1.82) is 0 Å². The summed E-state index contributed by atoms with van der Waals surface area (Å²) in [5.41, 5.74) is 0. The molecule has 1 fully saturated rings. The first-order chi connectivity index (χ1) is 12.6. The number of carbonyl (C=O) groups excluding carboxylic acids is 1. The van der Waals surface area contributed by atoms with Crippen LogP contribution in [0, 0.1) is 5.92 Å². The Hall–Kier alpha value is -1.60. The van der Waals surface area contributed by atoms with Crippen LogP contribution in [0.15, 0.2) is 22.5 Å². The van der Waals surface area contributed by atoms with Crippen LogP contribution in [0.1, 0.15) is 44.0 Å². The van der Waals surface area contributed by atoms with Crippen molar-refractivity contribution < 1.29 is 9.53 Å². The van der Waals surface area contributed by atoms with Crippen LogP contribution in [0.3, 0.4) is 0 Å². The summed E-state index contributed by atoms with van der Waals surface area (Å²) in [4.78, 5) is 20.0. The maximum absolute atomic E-state index is 11.3. The van der Waals surface area contributed by atoms with E-state index < -0.39 is 0 Å². The van der Waals surface area contributed by atoms with Gasteiger partial charge in [-0.15, -0.1) is 11.3 Å². The summed E-state index contributed by atoms with van der Waals surface area (Å²) in [6.07, 6.45) is 2.84. The molecule has 0 radical (unpaired) electrons. The Labute approximate surface area is 161 Å². The lowest BCUT2D eigenvalue weighted by molar-refractivity contribution is -0.140. The van der Waals surface area contributed by atoms with E-state index in [4.69, 9.17) is 4.99 Å². The molecule has 6 nitrogen and oxygen atoms in total. The number of nitrogens with one attached hydrogen (secondary N) is 2. The van der Waals surface area contributed by atoms with E-state index in [9.17, 15) is 4.79 Å². The van der Waals surface area contributed by atoms with Crippen LogP contribution < -0.4 is 10.6 Å². The Morgan fingerprint density at radius 2 is 2.19 bits per heavy atom. The number of carbonyl (C=O) groups is 1. The van der Waals surface area contributed by atoms with Crippen molar-refractivity contribution >= 4 is 23.3 Å². The minimum Gasteiger partial charge on any atom is -0.469 e. The van der Waals surface area contributed by atoms with E-state index >= 15 is 0 Å². The van der Waals surface area contributed by atoms with Gasteiger partial charge in [-0.05, 0) is 50.2 Å². The summed E-state index contributed by atoms with van der Waals surface area (Å²) >= 11 is 1.80. The van der Waals surface area contributed by atoms with Gasteiger partial charge in [0.2, 0.25) is 0 Å². The van der Waals surface area contributed by atoms with Gasteiger partial charge < -0.3 is 15.4 Å². The highest BCUT2D eigenvalue weighted by molar-refractivity contribution is 7.10. The standard InChI is InChI=1S/C19H32N4O2S/c1-4-20-19(21-10-7-18(24)25-3)22-14-16(17-6-5-13-26-17)23-11-8-15(2)9-12-23/h5-6,13,15-16H,4,7-12,14H2,1-3H3,(H2,20,21,22). The fourth-order valence-electron chi connectivity index (χ4n) is 3.11. The Morgan fingerprint density at radius 3 is 2.81 bits per heavy atom. The number of thiophene rings is 1. The zero-order valence-corrected chi connectivity index (χ0v) is 17.0. The van der Waals surface area contributed by atoms with E-state index in [1.165, 1.54) is 24.8 Å². The number of nitrogens with zero attached hydrogens (tertiary/aromatic N) is 2. The number of esters is 1. The third kappa shape index (κ3) is 6.61. The second-order valence-corrected chi connectivity index (χ2v) is 7.70. The zero-order chi connectivity index (χ0) is 18.8. The second kappa shape index (κ2) is 11.2. The molecule has 26 heavy (non-hydrogen) atoms. The number of hydrogen-bond acceptors (Lipinski definition) is 5. The highest BCUT2D eigenvalue weighted by Crippen LogP contribution is 2.29. The minimum atomic E-state index is -0.216. The molecule has 0 bridgehead atoms. The van der Waals surface area contributed by atoms with Gasteiger partial charge in [-0.25, -0.2) is 0 Å². The Kier molecular flexibility index (Phi) is 8.91. The highest BCUT2D eigenvalue weighted by Gasteiger charge is 2.25. The van der Waals surface area contributed by atoms with Crippen LogP contribution in [-0.2, 0) is 9.53 Å². The molecule has 7 heteroatoms. The molecular formula is C19H32N4O2S. The molecule has 1 unspecified atom stereocenters. The van der Waals surface area contributed by atoms with Crippen molar-refractivity contribution in [2.75, 3.05) is 39.8 Å². The lowest BCUT2D eigenvalue weighted by Gasteiger charge is -2.35. The molecule has 1 aromatic heterocycles. The third-order valence-electron chi connectivity index (χ3n) is 4.75. The first kappa shape index (κ1) is 20.7. The topological polar surface area (TPSA) is 66.0 Å². The molecule has 0 aliphatic carbocycles. The molecule has 2 rings (SSSR count). The van der Waals surface area contributed by atoms with E-state index in [-0.39, 0.29) is 5.97 Å². The summed E-state index contributed by atoms with van der Waals surface area (Å²) in [7, 11) is 1.41. The summed E-state index contributed by atoms with van der Waals surface area (Å²) < 4.78 is 4.68. The molecule has 0 saturated carbocycles. The average Bonchev–Trinajstić information content (AvgIpc) is 3.17. The second-order valence-electron chi connectivity index (χ2n) is 6.72. The van der Waals surface area contributed by atoms with Gasteiger partial charge in [0.15, 0.2) is 5.96 Å². The molecular weight excluding hydrogens is 348 g/mol. The molecule has 1 aliphatic heterocycles. The van der Waals surface area contributed by atoms with E-state index in [0.717, 1.165) is 31.5 Å². The number of hydrogen-bond donors (Lipinski definition) is 2. The molecule has 146 valence electrons. The predicted molar refractivity (Wildman–Crippen MR) is 108 cm³/mol. The van der Waals surface area contributed by atoms with Gasteiger partial charge in [-0.1, -0.05) is 13.0 Å². The van der Waals surface area contributed by atoms with Gasteiger partial charge >= 0.3 is 5.97 Å². The molecule has 0 spiro atoms. The first-order valence-electron chi connectivity index (χ1n) is 9.50. The molecule has 2 N–H and O–H groups in total. The minimum absolute atomic E-state index is 0.216. The predicted octanol–water partition coefficient (Wildman–Crippen LogP) is 2.64. The monoisotopic (exact) mass is 380 g/mol. The van der Waals surface area contributed by atoms with E-state index in [2.05, 4.69) is 44.7 Å². The number of likely N-dealkylation sites (tertiary alicyclic amines) is 1. The molecule has 2 heterocycles. The zero-order valence-electron chi connectivity index (χ0n) is 16.2. The van der Waals surface area contributed by atoms with Crippen LogP contribution in [0.2, 0.25) is 0 Å². The van der Waals surface area contributed by atoms with Gasteiger partial charge in [-0.3, -0.25) is 14.7 Å². The largest absolute Gasteiger partial charge is 0.469 e. The molecule has 1 aromatic rings. The van der Waals surface area contributed by atoms with Crippen molar-refractivity contribution in [3.8, 4) is 0 Å². The quantitative estimate of drug-likeness (QED) is 0.412.